The quantitative estimate of drug-likeness (QED) is 0.801. The van der Waals surface area contributed by atoms with Crippen molar-refractivity contribution in [3.63, 3.8) is 0 Å². The number of ether oxygens (including phenoxy) is 2. The summed E-state index contributed by atoms with van der Waals surface area (Å²) in [5.74, 6) is -1.13. The molecule has 3 amide bonds. The van der Waals surface area contributed by atoms with Crippen molar-refractivity contribution in [3.05, 3.63) is 35.4 Å². The molecule has 0 unspecified atom stereocenters. The number of hydrogen-bond donors (Lipinski definition) is 1. The van der Waals surface area contributed by atoms with Crippen LogP contribution in [-0.4, -0.2) is 48.1 Å². The molecule has 2 rings (SSSR count). The van der Waals surface area contributed by atoms with E-state index in [-0.39, 0.29) is 12.6 Å². The van der Waals surface area contributed by atoms with Gasteiger partial charge in [0.1, 0.15) is 0 Å². The normalized spacial score (nSPS) is 15.3. The molecule has 1 aromatic carbocycles. The van der Waals surface area contributed by atoms with Crippen molar-refractivity contribution in [2.75, 3.05) is 13.1 Å². The van der Waals surface area contributed by atoms with Gasteiger partial charge in [-0.25, -0.2) is 9.59 Å². The highest BCUT2D eigenvalue weighted by Crippen LogP contribution is 2.11. The van der Waals surface area contributed by atoms with Crippen LogP contribution in [0.1, 0.15) is 36.7 Å². The molecule has 1 aromatic rings. The average Bonchev–Trinajstić information content (AvgIpc) is 2.98. The van der Waals surface area contributed by atoms with E-state index in [4.69, 9.17) is 9.47 Å². The highest BCUT2D eigenvalue weighted by molar-refractivity contribution is 5.99. The van der Waals surface area contributed by atoms with Gasteiger partial charge in [-0.3, -0.25) is 9.69 Å². The summed E-state index contributed by atoms with van der Waals surface area (Å²) in [6.45, 7) is 6.51. The molecule has 1 N–H and O–H groups in total. The van der Waals surface area contributed by atoms with Gasteiger partial charge in [0.05, 0.1) is 18.3 Å². The molecule has 1 heterocycles. The van der Waals surface area contributed by atoms with E-state index in [0.717, 1.165) is 10.5 Å². The van der Waals surface area contributed by atoms with Crippen LogP contribution in [-0.2, 0) is 20.9 Å². The second-order valence-electron chi connectivity index (χ2n) is 5.83. The first-order valence-electron chi connectivity index (χ1n) is 7.89. The Kier molecular flexibility index (Phi) is 5.92. The Labute approximate surface area is 140 Å². The topological polar surface area (TPSA) is 84.9 Å². The number of nitrogens with one attached hydrogen (secondary N) is 1. The van der Waals surface area contributed by atoms with Crippen LogP contribution < -0.4 is 5.32 Å². The van der Waals surface area contributed by atoms with E-state index in [2.05, 4.69) is 5.32 Å². The van der Waals surface area contributed by atoms with Gasteiger partial charge in [0, 0.05) is 13.1 Å². The molecule has 0 aliphatic carbocycles. The van der Waals surface area contributed by atoms with Crippen LogP contribution in [0, 0.1) is 0 Å². The first-order valence-corrected chi connectivity index (χ1v) is 7.89. The molecular weight excluding hydrogens is 312 g/mol. The van der Waals surface area contributed by atoms with Gasteiger partial charge in [-0.05, 0) is 38.5 Å². The summed E-state index contributed by atoms with van der Waals surface area (Å²) in [5, 5.41) is 2.53. The molecule has 0 aromatic heterocycles. The third-order valence-electron chi connectivity index (χ3n) is 3.53. The van der Waals surface area contributed by atoms with Crippen LogP contribution in [0.25, 0.3) is 0 Å². The fourth-order valence-electron chi connectivity index (χ4n) is 2.18. The number of urea groups is 1. The molecule has 0 spiro atoms. The Hall–Kier alpha value is -2.41. The summed E-state index contributed by atoms with van der Waals surface area (Å²) < 4.78 is 10.6. The van der Waals surface area contributed by atoms with Crippen LogP contribution in [0.2, 0.25) is 0 Å². The molecule has 1 saturated heterocycles. The first kappa shape index (κ1) is 17.9. The van der Waals surface area contributed by atoms with Gasteiger partial charge in [0.25, 0.3) is 5.91 Å². The standard InChI is InChI=1S/C17H22N2O5/c1-11(2)23-10-13-4-6-14(7-5-13)16(21)24-12(3)15(20)19-9-8-18-17(19)22/h4-7,11-12H,8-10H2,1-3H3,(H,18,22)/t12-/m1/s1. The van der Waals surface area contributed by atoms with E-state index in [1.807, 2.05) is 13.8 Å². The lowest BCUT2D eigenvalue weighted by molar-refractivity contribution is -0.136. The maximum Gasteiger partial charge on any atom is 0.338 e. The first-order chi connectivity index (χ1) is 11.4. The second kappa shape index (κ2) is 7.92. The van der Waals surface area contributed by atoms with E-state index in [0.29, 0.717) is 18.7 Å². The summed E-state index contributed by atoms with van der Waals surface area (Å²) in [5.41, 5.74) is 1.28. The van der Waals surface area contributed by atoms with E-state index >= 15 is 0 Å². The maximum absolute atomic E-state index is 12.1. The van der Waals surface area contributed by atoms with Gasteiger partial charge in [-0.2, -0.15) is 0 Å². The number of hydrogen-bond acceptors (Lipinski definition) is 5. The van der Waals surface area contributed by atoms with Gasteiger partial charge in [0.15, 0.2) is 6.10 Å². The van der Waals surface area contributed by atoms with Gasteiger partial charge in [0.2, 0.25) is 0 Å². The Bertz CT molecular complexity index is 612. The smallest absolute Gasteiger partial charge is 0.338 e. The van der Waals surface area contributed by atoms with E-state index in [9.17, 15) is 14.4 Å². The van der Waals surface area contributed by atoms with E-state index in [1.165, 1.54) is 6.92 Å². The number of esters is 1. The monoisotopic (exact) mass is 334 g/mol. The van der Waals surface area contributed by atoms with Gasteiger partial charge in [-0.15, -0.1) is 0 Å². The third kappa shape index (κ3) is 4.55. The number of benzene rings is 1. The van der Waals surface area contributed by atoms with Crippen LogP contribution >= 0.6 is 0 Å². The fourth-order valence-corrected chi connectivity index (χ4v) is 2.18. The Morgan fingerprint density at radius 2 is 1.88 bits per heavy atom. The molecule has 24 heavy (non-hydrogen) atoms. The number of nitrogens with zero attached hydrogens (tertiary/aromatic N) is 1. The van der Waals surface area contributed by atoms with Crippen molar-refractivity contribution in [1.29, 1.82) is 0 Å². The summed E-state index contributed by atoms with van der Waals surface area (Å²) in [6, 6.07) is 6.35. The van der Waals surface area contributed by atoms with Crippen LogP contribution in [0.3, 0.4) is 0 Å². The number of rotatable bonds is 6. The molecular formula is C17H22N2O5. The summed E-state index contributed by atoms with van der Waals surface area (Å²) >= 11 is 0. The van der Waals surface area contributed by atoms with Crippen molar-refractivity contribution < 1.29 is 23.9 Å². The second-order valence-corrected chi connectivity index (χ2v) is 5.83. The Morgan fingerprint density at radius 1 is 1.21 bits per heavy atom. The lowest BCUT2D eigenvalue weighted by Crippen LogP contribution is -2.41. The SMILES string of the molecule is CC(C)OCc1ccc(C(=O)O[C@H](C)C(=O)N2CCNC2=O)cc1. The number of imide groups is 1. The molecule has 0 saturated carbocycles. The van der Waals surface area contributed by atoms with Crippen LogP contribution in [0.5, 0.6) is 0 Å². The van der Waals surface area contributed by atoms with Crippen LogP contribution in [0.4, 0.5) is 4.79 Å². The number of carbonyl (C=O) groups excluding carboxylic acids is 3. The van der Waals surface area contributed by atoms with Gasteiger partial charge >= 0.3 is 12.0 Å². The molecule has 0 radical (unpaired) electrons. The van der Waals surface area contributed by atoms with Crippen LogP contribution in [0.15, 0.2) is 24.3 Å². The minimum Gasteiger partial charge on any atom is -0.449 e. The lowest BCUT2D eigenvalue weighted by atomic mass is 10.1. The largest absolute Gasteiger partial charge is 0.449 e. The minimum atomic E-state index is -1.02. The van der Waals surface area contributed by atoms with E-state index < -0.39 is 24.0 Å². The van der Waals surface area contributed by atoms with Gasteiger partial charge in [-0.1, -0.05) is 12.1 Å². The zero-order valence-corrected chi connectivity index (χ0v) is 14.1. The molecule has 7 heteroatoms. The molecule has 1 aliphatic heterocycles. The lowest BCUT2D eigenvalue weighted by Gasteiger charge is -2.18. The van der Waals surface area contributed by atoms with Crippen molar-refractivity contribution in [2.45, 2.75) is 39.6 Å². The number of carbonyl (C=O) groups is 3. The summed E-state index contributed by atoms with van der Waals surface area (Å²) in [4.78, 5) is 36.7. The van der Waals surface area contributed by atoms with Crippen molar-refractivity contribution in [1.82, 2.24) is 10.2 Å². The summed E-state index contributed by atoms with van der Waals surface area (Å²) in [7, 11) is 0. The van der Waals surface area contributed by atoms with Crippen molar-refractivity contribution in [2.24, 2.45) is 0 Å². The minimum absolute atomic E-state index is 0.129. The van der Waals surface area contributed by atoms with E-state index in [1.54, 1.807) is 24.3 Å². The highest BCUT2D eigenvalue weighted by Gasteiger charge is 2.31. The zero-order valence-electron chi connectivity index (χ0n) is 14.1. The molecule has 7 nitrogen and oxygen atoms in total. The van der Waals surface area contributed by atoms with Crippen molar-refractivity contribution in [3.8, 4) is 0 Å². The number of amides is 3. The highest BCUT2D eigenvalue weighted by atomic mass is 16.5. The predicted molar refractivity (Wildman–Crippen MR) is 86.4 cm³/mol. The third-order valence-corrected chi connectivity index (χ3v) is 3.53. The molecule has 1 fully saturated rings. The molecule has 1 atom stereocenters. The van der Waals surface area contributed by atoms with Gasteiger partial charge < -0.3 is 14.8 Å². The summed E-state index contributed by atoms with van der Waals surface area (Å²) in [6.07, 6.45) is -0.894. The molecule has 130 valence electrons. The molecule has 0 bridgehead atoms. The predicted octanol–water partition coefficient (Wildman–Crippen LogP) is 1.71. The fraction of sp³-hybridized carbons (Fsp3) is 0.471. The maximum atomic E-state index is 12.1. The Morgan fingerprint density at radius 3 is 2.42 bits per heavy atom. The average molecular weight is 334 g/mol. The molecule has 1 aliphatic rings. The van der Waals surface area contributed by atoms with Crippen molar-refractivity contribution >= 4 is 17.9 Å². The Balaban J connectivity index is 1.91. The zero-order chi connectivity index (χ0) is 17.7.